The van der Waals surface area contributed by atoms with E-state index >= 15 is 0 Å². The summed E-state index contributed by atoms with van der Waals surface area (Å²) in [7, 11) is 1.26. The molecule has 0 saturated carbocycles. The Morgan fingerprint density at radius 2 is 2.08 bits per heavy atom. The summed E-state index contributed by atoms with van der Waals surface area (Å²) in [5, 5.41) is 6.98. The predicted molar refractivity (Wildman–Crippen MR) is 148 cm³/mol. The number of carbonyl (C=O) groups excluding carboxylic acids is 4. The number of nitrogen functional groups attached to an aromatic ring is 1. The van der Waals surface area contributed by atoms with Crippen LogP contribution in [-0.4, -0.2) is 69.8 Å². The lowest BCUT2D eigenvalue weighted by Crippen LogP contribution is -2.62. The highest BCUT2D eigenvalue weighted by molar-refractivity contribution is 8.01. The summed E-state index contributed by atoms with van der Waals surface area (Å²) < 4.78 is 1.79. The number of amides is 3. The predicted octanol–water partition coefficient (Wildman–Crippen LogP) is 0.938. The van der Waals surface area contributed by atoms with Crippen molar-refractivity contribution in [1.29, 1.82) is 0 Å². The molecule has 0 bridgehead atoms. The molecule has 3 aliphatic rings. The fraction of sp³-hybridized carbons (Fsp3) is 0.375. The Kier molecular flexibility index (Phi) is 8.56. The Hall–Kier alpha value is -3.63. The molecule has 0 spiro atoms. The van der Waals surface area contributed by atoms with Gasteiger partial charge in [0.05, 0.1) is 18.3 Å². The molecular formula is C24H26N7O6S3+. The molecule has 2 fully saturated rings. The van der Waals surface area contributed by atoms with Crippen molar-refractivity contribution >= 4 is 69.4 Å². The van der Waals surface area contributed by atoms with Crippen molar-refractivity contribution in [2.75, 3.05) is 35.9 Å². The summed E-state index contributed by atoms with van der Waals surface area (Å²) in [6.07, 6.45) is 6.43. The van der Waals surface area contributed by atoms with Crippen LogP contribution in [0.25, 0.3) is 0 Å². The zero-order chi connectivity index (χ0) is 28.2. The molecule has 2 saturated heterocycles. The number of fused-ring (bicyclic) bond motifs is 1. The third kappa shape index (κ3) is 5.93. The Morgan fingerprint density at radius 3 is 2.75 bits per heavy atom. The van der Waals surface area contributed by atoms with Gasteiger partial charge in [-0.25, -0.2) is 9.78 Å². The summed E-state index contributed by atoms with van der Waals surface area (Å²) in [5.74, 6) is -0.859. The number of pyridine rings is 1. The number of aromatic nitrogens is 2. The number of hydrogen-bond acceptors (Lipinski definition) is 12. The first-order valence-corrected chi connectivity index (χ1v) is 15.2. The number of thiazole rings is 1. The normalized spacial score (nSPS) is 19.2. The van der Waals surface area contributed by atoms with E-state index in [4.69, 9.17) is 15.4 Å². The van der Waals surface area contributed by atoms with Gasteiger partial charge < -0.3 is 15.4 Å². The van der Waals surface area contributed by atoms with Gasteiger partial charge in [0, 0.05) is 40.3 Å². The van der Waals surface area contributed by atoms with Crippen LogP contribution in [0.15, 0.2) is 51.2 Å². The van der Waals surface area contributed by atoms with Crippen LogP contribution in [0.5, 0.6) is 0 Å². The molecule has 5 heterocycles. The van der Waals surface area contributed by atoms with E-state index in [9.17, 15) is 19.2 Å². The SMILES string of the molecule is CO/N=C(\C(=O)NOC(=O)C1=C(CSc2cc[n+](N3CCCCC3=O)cc2)CS[C@H]2CC(=O)N12)c1csc(N)n1. The maximum atomic E-state index is 13.2. The lowest BCUT2D eigenvalue weighted by Gasteiger charge is -2.44. The minimum atomic E-state index is -0.863. The van der Waals surface area contributed by atoms with Gasteiger partial charge in [-0.2, -0.15) is 5.48 Å². The highest BCUT2D eigenvalue weighted by Crippen LogP contribution is 2.41. The second-order valence-corrected chi connectivity index (χ2v) is 12.0. The third-order valence-corrected chi connectivity index (χ3v) is 9.35. The molecule has 5 rings (SSSR count). The van der Waals surface area contributed by atoms with Crippen molar-refractivity contribution in [2.24, 2.45) is 5.16 Å². The number of hydrogen-bond donors (Lipinski definition) is 2. The van der Waals surface area contributed by atoms with Gasteiger partial charge in [0.2, 0.25) is 18.3 Å². The lowest BCUT2D eigenvalue weighted by molar-refractivity contribution is -0.684. The number of anilines is 1. The number of oxime groups is 1. The highest BCUT2D eigenvalue weighted by Gasteiger charge is 2.46. The van der Waals surface area contributed by atoms with Crippen LogP contribution >= 0.6 is 34.9 Å². The minimum absolute atomic E-state index is 0.0985. The van der Waals surface area contributed by atoms with E-state index in [-0.39, 0.29) is 39.4 Å². The molecule has 13 nitrogen and oxygen atoms in total. The molecule has 2 aromatic rings. The van der Waals surface area contributed by atoms with Crippen LogP contribution in [-0.2, 0) is 28.9 Å². The largest absolute Gasteiger partial charge is 0.398 e. The molecule has 0 unspecified atom stereocenters. The number of thioether (sulfide) groups is 2. The summed E-state index contributed by atoms with van der Waals surface area (Å²) in [6, 6.07) is 3.81. The van der Waals surface area contributed by atoms with Crippen LogP contribution in [0.4, 0.5) is 5.13 Å². The van der Waals surface area contributed by atoms with Crippen LogP contribution in [0.2, 0.25) is 0 Å². The molecule has 0 radical (unpaired) electrons. The molecular weight excluding hydrogens is 579 g/mol. The van der Waals surface area contributed by atoms with Gasteiger partial charge in [-0.3, -0.25) is 19.3 Å². The third-order valence-electron chi connectivity index (χ3n) is 6.30. The van der Waals surface area contributed by atoms with Crippen LogP contribution < -0.4 is 20.9 Å². The molecule has 40 heavy (non-hydrogen) atoms. The van der Waals surface area contributed by atoms with Crippen LogP contribution in [0.1, 0.15) is 31.4 Å². The first-order valence-electron chi connectivity index (χ1n) is 12.3. The van der Waals surface area contributed by atoms with E-state index in [1.165, 1.54) is 29.2 Å². The van der Waals surface area contributed by atoms with E-state index in [2.05, 4.69) is 15.6 Å². The summed E-state index contributed by atoms with van der Waals surface area (Å²) in [6.45, 7) is 0.684. The fourth-order valence-corrected chi connectivity index (χ4v) is 7.16. The number of nitrogens with one attached hydrogen (secondary N) is 1. The average Bonchev–Trinajstić information content (AvgIpc) is 3.39. The van der Waals surface area contributed by atoms with E-state index in [0.29, 0.717) is 36.5 Å². The van der Waals surface area contributed by atoms with Crippen molar-refractivity contribution in [2.45, 2.75) is 36.0 Å². The number of piperidine rings is 1. The van der Waals surface area contributed by atoms with E-state index in [1.54, 1.807) is 21.4 Å². The van der Waals surface area contributed by atoms with Gasteiger partial charge >= 0.3 is 11.9 Å². The Bertz CT molecular complexity index is 1390. The van der Waals surface area contributed by atoms with Gasteiger partial charge in [-0.1, -0.05) is 9.83 Å². The number of nitrogens with zero attached hydrogens (tertiary/aromatic N) is 5. The van der Waals surface area contributed by atoms with Crippen molar-refractivity contribution in [3.05, 3.63) is 46.9 Å². The molecule has 210 valence electrons. The zero-order valence-corrected chi connectivity index (χ0v) is 23.9. The van der Waals surface area contributed by atoms with Crippen molar-refractivity contribution in [3.8, 4) is 0 Å². The number of rotatable bonds is 8. The number of β-lactam (4-membered cyclic amide) rings is 1. The molecule has 2 aromatic heterocycles. The van der Waals surface area contributed by atoms with Gasteiger partial charge in [0.15, 0.2) is 10.8 Å². The van der Waals surface area contributed by atoms with Crippen molar-refractivity contribution in [3.63, 3.8) is 0 Å². The first-order chi connectivity index (χ1) is 19.4. The lowest BCUT2D eigenvalue weighted by atomic mass is 10.1. The fourth-order valence-electron chi connectivity index (χ4n) is 4.33. The van der Waals surface area contributed by atoms with Crippen molar-refractivity contribution < 1.29 is 33.5 Å². The quantitative estimate of drug-likeness (QED) is 0.146. The number of nitrogens with two attached hydrogens (primary N) is 1. The molecule has 16 heteroatoms. The van der Waals surface area contributed by atoms with Gasteiger partial charge in [0.25, 0.3) is 5.91 Å². The number of hydroxylamine groups is 1. The molecule has 1 atom stereocenters. The van der Waals surface area contributed by atoms with Gasteiger partial charge in [0.1, 0.15) is 18.5 Å². The second-order valence-electron chi connectivity index (χ2n) is 8.88. The standard InChI is InChI=1S/C24H25N7O6S3/c1-36-27-20(16-13-40-24(25)26-16)22(34)28-37-23(35)21-14(12-39-19-10-18(33)31(19)21)11-38-15-5-8-29(9-6-15)30-7-3-2-4-17(30)32/h5-6,8-9,13,19H,2-4,7,10-12H2,1H3,(H2-,25,26,28,34)/p+1/b27-20-/t19-/m0/s1. The summed E-state index contributed by atoms with van der Waals surface area (Å²) in [4.78, 5) is 66.7. The maximum Gasteiger partial charge on any atom is 0.379 e. The number of carbonyl (C=O) groups is 4. The Labute approximate surface area is 241 Å². The average molecular weight is 605 g/mol. The van der Waals surface area contributed by atoms with Gasteiger partial charge in [-0.05, 0) is 18.4 Å². The monoisotopic (exact) mass is 604 g/mol. The minimum Gasteiger partial charge on any atom is -0.398 e. The van der Waals surface area contributed by atoms with Crippen LogP contribution in [0, 0.1) is 0 Å². The molecule has 0 aliphatic carbocycles. The first kappa shape index (κ1) is 27.9. The Morgan fingerprint density at radius 1 is 1.27 bits per heavy atom. The topological polar surface area (TPSA) is 160 Å². The highest BCUT2D eigenvalue weighted by atomic mass is 32.2. The molecule has 3 aliphatic heterocycles. The maximum absolute atomic E-state index is 13.2. The molecule has 0 aromatic carbocycles. The zero-order valence-electron chi connectivity index (χ0n) is 21.4. The molecule has 3 N–H and O–H groups in total. The summed E-state index contributed by atoms with van der Waals surface area (Å²) in [5.41, 5.74) is 8.50. The Balaban J connectivity index is 1.27. The molecule has 3 amide bonds. The summed E-state index contributed by atoms with van der Waals surface area (Å²) >= 11 is 4.18. The second kappa shape index (κ2) is 12.3. The van der Waals surface area contributed by atoms with E-state index in [1.807, 2.05) is 24.5 Å². The smallest absolute Gasteiger partial charge is 0.379 e. The van der Waals surface area contributed by atoms with E-state index < -0.39 is 11.9 Å². The van der Waals surface area contributed by atoms with E-state index in [0.717, 1.165) is 29.1 Å². The van der Waals surface area contributed by atoms with Crippen molar-refractivity contribution in [1.82, 2.24) is 15.4 Å². The van der Waals surface area contributed by atoms with Gasteiger partial charge in [-0.15, -0.1) is 39.9 Å². The van der Waals surface area contributed by atoms with Crippen LogP contribution in [0.3, 0.4) is 0 Å².